The highest BCUT2D eigenvalue weighted by Crippen LogP contribution is 2.40. The second kappa shape index (κ2) is 7.23. The summed E-state index contributed by atoms with van der Waals surface area (Å²) in [5.74, 6) is 0. The van der Waals surface area contributed by atoms with Gasteiger partial charge in [-0.25, -0.2) is 0 Å². The smallest absolute Gasteiger partial charge is 0.175 e. The summed E-state index contributed by atoms with van der Waals surface area (Å²) in [6.07, 6.45) is 6.58. The summed E-state index contributed by atoms with van der Waals surface area (Å²) < 4.78 is 1.94. The minimum absolute atomic E-state index is 0.0795. The minimum Gasteiger partial charge on any atom is -0.326 e. The van der Waals surface area contributed by atoms with E-state index in [0.29, 0.717) is 0 Å². The Morgan fingerprint density at radius 3 is 2.74 bits per heavy atom. The molecule has 2 heterocycles. The first-order valence-electron chi connectivity index (χ1n) is 5.94. The Morgan fingerprint density at radius 1 is 1.37 bits per heavy atom. The zero-order chi connectivity index (χ0) is 13.7. The molecule has 0 aromatic carbocycles. The molecule has 0 spiro atoms. The SMILES string of the molecule is CCC(N)C(Sc1nnc(SC)s1)c1cccnc1. The number of nitrogens with zero attached hydrogens (tertiary/aromatic N) is 3. The van der Waals surface area contributed by atoms with Crippen LogP contribution in [0.15, 0.2) is 33.2 Å². The summed E-state index contributed by atoms with van der Waals surface area (Å²) in [6, 6.07) is 4.09. The van der Waals surface area contributed by atoms with E-state index in [-0.39, 0.29) is 11.3 Å². The van der Waals surface area contributed by atoms with Crippen LogP contribution < -0.4 is 5.73 Å². The van der Waals surface area contributed by atoms with Crippen LogP contribution in [0.1, 0.15) is 24.2 Å². The minimum atomic E-state index is 0.0795. The molecule has 0 aliphatic rings. The third-order valence-electron chi connectivity index (χ3n) is 2.66. The van der Waals surface area contributed by atoms with Gasteiger partial charge in [0, 0.05) is 18.4 Å². The van der Waals surface area contributed by atoms with Crippen LogP contribution in [0.5, 0.6) is 0 Å². The summed E-state index contributed by atoms with van der Waals surface area (Å²) in [5, 5.41) is 8.49. The maximum atomic E-state index is 6.24. The van der Waals surface area contributed by atoms with Gasteiger partial charge >= 0.3 is 0 Å². The molecule has 0 fully saturated rings. The number of nitrogens with two attached hydrogens (primary N) is 1. The normalized spacial score (nSPS) is 14.3. The van der Waals surface area contributed by atoms with E-state index < -0.39 is 0 Å². The maximum Gasteiger partial charge on any atom is 0.175 e. The van der Waals surface area contributed by atoms with Crippen molar-refractivity contribution in [2.45, 2.75) is 33.3 Å². The summed E-state index contributed by atoms with van der Waals surface area (Å²) in [6.45, 7) is 2.10. The predicted molar refractivity (Wildman–Crippen MR) is 82.8 cm³/mol. The molecule has 2 aromatic heterocycles. The lowest BCUT2D eigenvalue weighted by atomic mass is 10.1. The van der Waals surface area contributed by atoms with Gasteiger partial charge in [-0.15, -0.1) is 10.2 Å². The van der Waals surface area contributed by atoms with Gasteiger partial charge < -0.3 is 5.73 Å². The molecule has 0 aliphatic carbocycles. The average Bonchev–Trinajstić information content (AvgIpc) is 2.92. The van der Waals surface area contributed by atoms with Gasteiger partial charge in [0.05, 0.1) is 5.25 Å². The first kappa shape index (κ1) is 14.8. The van der Waals surface area contributed by atoms with Gasteiger partial charge in [-0.05, 0) is 24.3 Å². The van der Waals surface area contributed by atoms with E-state index in [4.69, 9.17) is 5.73 Å². The Morgan fingerprint density at radius 2 is 2.16 bits per heavy atom. The van der Waals surface area contributed by atoms with Crippen LogP contribution in [-0.4, -0.2) is 27.5 Å². The summed E-state index contributed by atoms with van der Waals surface area (Å²) >= 11 is 4.90. The van der Waals surface area contributed by atoms with E-state index in [1.807, 2.05) is 18.5 Å². The number of pyridine rings is 1. The summed E-state index contributed by atoms with van der Waals surface area (Å²) in [7, 11) is 0. The van der Waals surface area contributed by atoms with Crippen molar-refractivity contribution in [2.24, 2.45) is 5.73 Å². The third-order valence-corrected chi connectivity index (χ3v) is 6.05. The van der Waals surface area contributed by atoms with E-state index in [1.54, 1.807) is 41.1 Å². The fourth-order valence-electron chi connectivity index (χ4n) is 1.60. The first-order valence-corrected chi connectivity index (χ1v) is 8.86. The number of hydrogen-bond acceptors (Lipinski definition) is 7. The Kier molecular flexibility index (Phi) is 5.62. The van der Waals surface area contributed by atoms with Crippen molar-refractivity contribution in [3.63, 3.8) is 0 Å². The molecule has 0 aliphatic heterocycles. The molecule has 2 rings (SSSR count). The van der Waals surface area contributed by atoms with Crippen LogP contribution in [0.2, 0.25) is 0 Å². The van der Waals surface area contributed by atoms with Crippen molar-refractivity contribution in [1.29, 1.82) is 0 Å². The van der Waals surface area contributed by atoms with E-state index in [1.165, 1.54) is 0 Å². The van der Waals surface area contributed by atoms with Crippen molar-refractivity contribution >= 4 is 34.9 Å². The number of rotatable bonds is 6. The standard InChI is InChI=1S/C12H16N4S3/c1-3-9(13)10(8-5-4-6-14-7-8)18-12-16-15-11(17-2)19-12/h4-7,9-10H,3,13H2,1-2H3. The second-order valence-corrected chi connectivity index (χ2v) is 7.35. The zero-order valence-corrected chi connectivity index (χ0v) is 13.3. The molecule has 2 atom stereocenters. The van der Waals surface area contributed by atoms with Gasteiger partial charge in [-0.1, -0.05) is 47.9 Å². The lowest BCUT2D eigenvalue weighted by Crippen LogP contribution is -2.25. The van der Waals surface area contributed by atoms with Crippen LogP contribution in [0.3, 0.4) is 0 Å². The second-order valence-electron chi connectivity index (χ2n) is 3.93. The van der Waals surface area contributed by atoms with Crippen molar-refractivity contribution in [1.82, 2.24) is 15.2 Å². The van der Waals surface area contributed by atoms with Gasteiger partial charge in [0.1, 0.15) is 0 Å². The number of aromatic nitrogens is 3. The van der Waals surface area contributed by atoms with Crippen LogP contribution >= 0.6 is 34.9 Å². The molecule has 0 amide bonds. The van der Waals surface area contributed by atoms with Crippen molar-refractivity contribution in [3.8, 4) is 0 Å². The molecule has 7 heteroatoms. The lowest BCUT2D eigenvalue weighted by molar-refractivity contribution is 0.632. The molecule has 2 unspecified atom stereocenters. The van der Waals surface area contributed by atoms with Gasteiger partial charge in [0.15, 0.2) is 8.68 Å². The molecular weight excluding hydrogens is 296 g/mol. The molecule has 19 heavy (non-hydrogen) atoms. The molecular formula is C12H16N4S3. The van der Waals surface area contributed by atoms with E-state index in [2.05, 4.69) is 28.2 Å². The quantitative estimate of drug-likeness (QED) is 0.826. The van der Waals surface area contributed by atoms with Crippen molar-refractivity contribution < 1.29 is 0 Å². The van der Waals surface area contributed by atoms with Crippen molar-refractivity contribution in [2.75, 3.05) is 6.26 Å². The highest BCUT2D eigenvalue weighted by Gasteiger charge is 2.22. The Balaban J connectivity index is 2.19. The molecule has 4 nitrogen and oxygen atoms in total. The van der Waals surface area contributed by atoms with Crippen molar-refractivity contribution in [3.05, 3.63) is 30.1 Å². The molecule has 2 aromatic rings. The third kappa shape index (κ3) is 3.92. The Labute approximate surface area is 125 Å². The Hall–Kier alpha value is -0.630. The topological polar surface area (TPSA) is 64.7 Å². The maximum absolute atomic E-state index is 6.24. The fraction of sp³-hybridized carbons (Fsp3) is 0.417. The van der Waals surface area contributed by atoms with Crippen LogP contribution in [0.25, 0.3) is 0 Å². The van der Waals surface area contributed by atoms with Crippen LogP contribution in [0.4, 0.5) is 0 Å². The average molecular weight is 312 g/mol. The predicted octanol–water partition coefficient (Wildman–Crippen LogP) is 3.23. The number of thioether (sulfide) groups is 2. The number of hydrogen-bond donors (Lipinski definition) is 1. The monoisotopic (exact) mass is 312 g/mol. The highest BCUT2D eigenvalue weighted by atomic mass is 32.2. The van der Waals surface area contributed by atoms with E-state index >= 15 is 0 Å². The molecule has 0 radical (unpaired) electrons. The van der Waals surface area contributed by atoms with Crippen LogP contribution in [-0.2, 0) is 0 Å². The molecule has 2 N–H and O–H groups in total. The van der Waals surface area contributed by atoms with E-state index in [0.717, 1.165) is 20.7 Å². The fourth-order valence-corrected chi connectivity index (χ4v) is 4.45. The van der Waals surface area contributed by atoms with Gasteiger partial charge in [-0.3, -0.25) is 4.98 Å². The van der Waals surface area contributed by atoms with Gasteiger partial charge in [0.2, 0.25) is 0 Å². The molecule has 0 saturated carbocycles. The highest BCUT2D eigenvalue weighted by molar-refractivity contribution is 8.03. The van der Waals surface area contributed by atoms with E-state index in [9.17, 15) is 0 Å². The molecule has 102 valence electrons. The molecule has 0 saturated heterocycles. The Bertz CT molecular complexity index is 503. The summed E-state index contributed by atoms with van der Waals surface area (Å²) in [4.78, 5) is 4.18. The summed E-state index contributed by atoms with van der Waals surface area (Å²) in [5.41, 5.74) is 7.38. The molecule has 0 bridgehead atoms. The largest absolute Gasteiger partial charge is 0.326 e. The van der Waals surface area contributed by atoms with Gasteiger partial charge in [-0.2, -0.15) is 0 Å². The zero-order valence-electron chi connectivity index (χ0n) is 10.8. The first-order chi connectivity index (χ1) is 9.24. The van der Waals surface area contributed by atoms with Crippen LogP contribution in [0, 0.1) is 0 Å². The van der Waals surface area contributed by atoms with Gasteiger partial charge in [0.25, 0.3) is 0 Å². The lowest BCUT2D eigenvalue weighted by Gasteiger charge is -2.21.